The number of amides is 1. The normalized spacial score (nSPS) is 23.7. The van der Waals surface area contributed by atoms with Crippen LogP contribution in [0.2, 0.25) is 5.02 Å². The molecule has 1 saturated carbocycles. The number of anilines is 1. The van der Waals surface area contributed by atoms with Gasteiger partial charge in [-0.3, -0.25) is 4.79 Å². The third kappa shape index (κ3) is 3.48. The zero-order valence-corrected chi connectivity index (χ0v) is 12.7. The van der Waals surface area contributed by atoms with Gasteiger partial charge >= 0.3 is 0 Å². The van der Waals surface area contributed by atoms with Gasteiger partial charge in [0.15, 0.2) is 0 Å². The number of hydrogen-bond donors (Lipinski definition) is 1. The molecule has 0 aliphatic heterocycles. The summed E-state index contributed by atoms with van der Waals surface area (Å²) >= 11 is 9.29. The molecule has 0 radical (unpaired) electrons. The molecule has 98 valence electrons. The first-order chi connectivity index (χ1) is 8.56. The first kappa shape index (κ1) is 13.9. The quantitative estimate of drug-likeness (QED) is 0.823. The van der Waals surface area contributed by atoms with Crippen molar-refractivity contribution in [2.45, 2.75) is 32.6 Å². The molecule has 1 aliphatic rings. The van der Waals surface area contributed by atoms with E-state index in [9.17, 15) is 4.79 Å². The lowest BCUT2D eigenvalue weighted by molar-refractivity contribution is -0.121. The summed E-state index contributed by atoms with van der Waals surface area (Å²) < 4.78 is 0.826. The number of nitrogens with one attached hydrogen (secondary N) is 1. The van der Waals surface area contributed by atoms with Gasteiger partial charge in [-0.15, -0.1) is 0 Å². The third-order valence-corrected chi connectivity index (χ3v) is 4.47. The summed E-state index contributed by atoms with van der Waals surface area (Å²) in [5.41, 5.74) is 0.794. The van der Waals surface area contributed by atoms with E-state index in [0.717, 1.165) is 41.8 Å². The van der Waals surface area contributed by atoms with Crippen molar-refractivity contribution in [2.24, 2.45) is 11.8 Å². The second kappa shape index (κ2) is 6.07. The van der Waals surface area contributed by atoms with Gasteiger partial charge in [0.05, 0.1) is 5.69 Å². The molecule has 1 fully saturated rings. The molecule has 2 rings (SSSR count). The van der Waals surface area contributed by atoms with E-state index in [4.69, 9.17) is 11.6 Å². The molecular weight excluding hydrogens is 314 g/mol. The van der Waals surface area contributed by atoms with E-state index in [-0.39, 0.29) is 11.8 Å². The maximum absolute atomic E-state index is 12.1. The Morgan fingerprint density at radius 2 is 2.00 bits per heavy atom. The minimum atomic E-state index is 0.130. The average Bonchev–Trinajstić information content (AvgIpc) is 2.33. The summed E-state index contributed by atoms with van der Waals surface area (Å²) in [5.74, 6) is 1.05. The third-order valence-electron chi connectivity index (χ3n) is 3.58. The molecule has 0 saturated heterocycles. The topological polar surface area (TPSA) is 29.1 Å². The van der Waals surface area contributed by atoms with Crippen LogP contribution >= 0.6 is 27.5 Å². The van der Waals surface area contributed by atoms with Crippen molar-refractivity contribution in [3.05, 3.63) is 27.7 Å². The van der Waals surface area contributed by atoms with Crippen LogP contribution in [-0.4, -0.2) is 5.91 Å². The highest BCUT2D eigenvalue weighted by Gasteiger charge is 2.24. The first-order valence-electron chi connectivity index (χ1n) is 6.32. The van der Waals surface area contributed by atoms with E-state index in [1.54, 1.807) is 12.1 Å². The van der Waals surface area contributed by atoms with Crippen LogP contribution in [0.3, 0.4) is 0 Å². The summed E-state index contributed by atoms with van der Waals surface area (Å²) in [6.07, 6.45) is 4.30. The fraction of sp³-hybridized carbons (Fsp3) is 0.500. The van der Waals surface area contributed by atoms with E-state index < -0.39 is 0 Å². The standard InChI is InChI=1S/C14H17BrClNO/c1-9-2-4-10(5-3-9)14(18)17-13-7-6-11(16)8-12(13)15/h6-10H,2-5H2,1H3,(H,17,18). The highest BCUT2D eigenvalue weighted by Crippen LogP contribution is 2.31. The molecule has 1 aromatic carbocycles. The zero-order chi connectivity index (χ0) is 13.1. The molecule has 1 aromatic rings. The smallest absolute Gasteiger partial charge is 0.227 e. The van der Waals surface area contributed by atoms with Crippen LogP contribution in [-0.2, 0) is 4.79 Å². The molecule has 0 spiro atoms. The fourth-order valence-electron chi connectivity index (χ4n) is 2.35. The summed E-state index contributed by atoms with van der Waals surface area (Å²) in [6.45, 7) is 2.25. The Morgan fingerprint density at radius 1 is 1.33 bits per heavy atom. The van der Waals surface area contributed by atoms with Crippen molar-refractivity contribution in [2.75, 3.05) is 5.32 Å². The molecule has 0 unspecified atom stereocenters. The molecule has 1 amide bonds. The maximum atomic E-state index is 12.1. The number of carbonyl (C=O) groups excluding carboxylic acids is 1. The summed E-state index contributed by atoms with van der Waals surface area (Å²) in [7, 11) is 0. The predicted octanol–water partition coefficient (Wildman–Crippen LogP) is 4.87. The van der Waals surface area contributed by atoms with Gasteiger partial charge < -0.3 is 5.32 Å². The summed E-state index contributed by atoms with van der Waals surface area (Å²) in [4.78, 5) is 12.1. The van der Waals surface area contributed by atoms with Gasteiger partial charge in [0.1, 0.15) is 0 Å². The van der Waals surface area contributed by atoms with E-state index in [1.807, 2.05) is 6.07 Å². The second-order valence-electron chi connectivity index (χ2n) is 5.07. The van der Waals surface area contributed by atoms with Gasteiger partial charge in [-0.05, 0) is 65.7 Å². The molecule has 0 heterocycles. The minimum absolute atomic E-state index is 0.130. The average molecular weight is 331 g/mol. The predicted molar refractivity (Wildman–Crippen MR) is 78.9 cm³/mol. The van der Waals surface area contributed by atoms with Crippen molar-refractivity contribution < 1.29 is 4.79 Å². The summed E-state index contributed by atoms with van der Waals surface area (Å²) in [6, 6.07) is 5.40. The molecular formula is C14H17BrClNO. The van der Waals surface area contributed by atoms with Crippen LogP contribution in [0.1, 0.15) is 32.6 Å². The molecule has 1 aliphatic carbocycles. The van der Waals surface area contributed by atoms with E-state index >= 15 is 0 Å². The number of rotatable bonds is 2. The maximum Gasteiger partial charge on any atom is 0.227 e. The van der Waals surface area contributed by atoms with Gasteiger partial charge in [-0.25, -0.2) is 0 Å². The molecule has 18 heavy (non-hydrogen) atoms. The molecule has 1 N–H and O–H groups in total. The largest absolute Gasteiger partial charge is 0.325 e. The minimum Gasteiger partial charge on any atom is -0.325 e. The monoisotopic (exact) mass is 329 g/mol. The Morgan fingerprint density at radius 3 is 2.61 bits per heavy atom. The van der Waals surface area contributed by atoms with Crippen molar-refractivity contribution in [1.29, 1.82) is 0 Å². The first-order valence-corrected chi connectivity index (χ1v) is 7.49. The Balaban J connectivity index is 1.98. The molecule has 0 atom stereocenters. The van der Waals surface area contributed by atoms with Crippen molar-refractivity contribution >= 4 is 39.1 Å². The van der Waals surface area contributed by atoms with Crippen LogP contribution in [0, 0.1) is 11.8 Å². The van der Waals surface area contributed by atoms with Crippen LogP contribution in [0.4, 0.5) is 5.69 Å². The van der Waals surface area contributed by atoms with E-state index in [0.29, 0.717) is 5.02 Å². The lowest BCUT2D eigenvalue weighted by Gasteiger charge is -2.25. The SMILES string of the molecule is CC1CCC(C(=O)Nc2ccc(Cl)cc2Br)CC1. The van der Waals surface area contributed by atoms with E-state index in [2.05, 4.69) is 28.2 Å². The van der Waals surface area contributed by atoms with Gasteiger partial charge in [-0.2, -0.15) is 0 Å². The number of hydrogen-bond acceptors (Lipinski definition) is 1. The number of halogens is 2. The molecule has 4 heteroatoms. The Labute approximate surface area is 121 Å². The van der Waals surface area contributed by atoms with Crippen molar-refractivity contribution in [1.82, 2.24) is 0 Å². The Kier molecular flexibility index (Phi) is 4.68. The molecule has 2 nitrogen and oxygen atoms in total. The van der Waals surface area contributed by atoms with Crippen LogP contribution in [0.25, 0.3) is 0 Å². The van der Waals surface area contributed by atoms with Gasteiger partial charge in [-0.1, -0.05) is 18.5 Å². The van der Waals surface area contributed by atoms with Crippen LogP contribution in [0.15, 0.2) is 22.7 Å². The van der Waals surface area contributed by atoms with Crippen LogP contribution in [0.5, 0.6) is 0 Å². The lowest BCUT2D eigenvalue weighted by Crippen LogP contribution is -2.26. The van der Waals surface area contributed by atoms with Crippen molar-refractivity contribution in [3.8, 4) is 0 Å². The molecule has 0 bridgehead atoms. The van der Waals surface area contributed by atoms with Gasteiger partial charge in [0.2, 0.25) is 5.91 Å². The highest BCUT2D eigenvalue weighted by molar-refractivity contribution is 9.10. The van der Waals surface area contributed by atoms with Gasteiger partial charge in [0, 0.05) is 15.4 Å². The van der Waals surface area contributed by atoms with Gasteiger partial charge in [0.25, 0.3) is 0 Å². The Bertz CT molecular complexity index is 441. The summed E-state index contributed by atoms with van der Waals surface area (Å²) in [5, 5.41) is 3.64. The number of benzene rings is 1. The Hall–Kier alpha value is -0.540. The molecule has 0 aromatic heterocycles. The highest BCUT2D eigenvalue weighted by atomic mass is 79.9. The fourth-order valence-corrected chi connectivity index (χ4v) is 3.13. The van der Waals surface area contributed by atoms with Crippen LogP contribution < -0.4 is 5.32 Å². The van der Waals surface area contributed by atoms with Crippen molar-refractivity contribution in [3.63, 3.8) is 0 Å². The second-order valence-corrected chi connectivity index (χ2v) is 6.36. The van der Waals surface area contributed by atoms with E-state index in [1.165, 1.54) is 0 Å². The number of carbonyl (C=O) groups is 1. The lowest BCUT2D eigenvalue weighted by atomic mass is 9.82. The zero-order valence-electron chi connectivity index (χ0n) is 10.4.